The first-order chi connectivity index (χ1) is 12.8. The first-order valence-electron chi connectivity index (χ1n) is 8.20. The Hall–Kier alpha value is -3.27. The number of amides is 1. The number of aryl methyl sites for hydroxylation is 2. The number of rotatable bonds is 6. The van der Waals surface area contributed by atoms with Crippen molar-refractivity contribution in [1.29, 1.82) is 5.26 Å². The number of anilines is 1. The second kappa shape index (κ2) is 8.90. The number of carbonyl (C=O) groups excluding carboxylic acids is 2. The highest BCUT2D eigenvalue weighted by molar-refractivity contribution is 5.97. The molecule has 2 aromatic rings. The molecule has 0 bridgehead atoms. The Labute approximate surface area is 155 Å². The third-order valence-corrected chi connectivity index (χ3v) is 3.76. The van der Waals surface area contributed by atoms with Gasteiger partial charge in [0.1, 0.15) is 17.2 Å². The summed E-state index contributed by atoms with van der Waals surface area (Å²) in [7, 11) is 0. The number of nitriles is 1. The Bertz CT molecular complexity index is 866. The van der Waals surface area contributed by atoms with Gasteiger partial charge in [-0.15, -0.1) is 0 Å². The fourth-order valence-corrected chi connectivity index (χ4v) is 2.64. The lowest BCUT2D eigenvalue weighted by Crippen LogP contribution is -2.35. The average Bonchev–Trinajstić information content (AvgIpc) is 2.59. The van der Waals surface area contributed by atoms with Crippen molar-refractivity contribution < 1.29 is 23.1 Å². The van der Waals surface area contributed by atoms with Gasteiger partial charge in [0.05, 0.1) is 12.5 Å². The highest BCUT2D eigenvalue weighted by atomic mass is 19.1. The monoisotopic (exact) mass is 372 g/mol. The summed E-state index contributed by atoms with van der Waals surface area (Å²) >= 11 is 0. The number of halogens is 2. The van der Waals surface area contributed by atoms with E-state index in [1.54, 1.807) is 12.1 Å². The van der Waals surface area contributed by atoms with E-state index in [9.17, 15) is 18.4 Å². The molecule has 0 aliphatic heterocycles. The molecule has 0 fully saturated rings. The molecule has 0 radical (unpaired) electrons. The number of hydrogen-bond donors (Lipinski definition) is 0. The Morgan fingerprint density at radius 2 is 1.70 bits per heavy atom. The fraction of sp³-hybridized carbons (Fsp3) is 0.250. The topological polar surface area (TPSA) is 70.4 Å². The smallest absolute Gasteiger partial charge is 0.344 e. The zero-order valence-corrected chi connectivity index (χ0v) is 15.0. The van der Waals surface area contributed by atoms with E-state index in [0.29, 0.717) is 5.69 Å². The summed E-state index contributed by atoms with van der Waals surface area (Å²) in [5, 5.41) is 8.82. The molecule has 0 heterocycles. The first kappa shape index (κ1) is 20.0. The maximum Gasteiger partial charge on any atom is 0.344 e. The highest BCUT2D eigenvalue weighted by Crippen LogP contribution is 2.20. The van der Waals surface area contributed by atoms with Gasteiger partial charge in [-0.25, -0.2) is 13.6 Å². The summed E-state index contributed by atoms with van der Waals surface area (Å²) in [6.45, 7) is 3.13. The molecular weight excluding hydrogens is 354 g/mol. The van der Waals surface area contributed by atoms with Crippen LogP contribution in [0, 0.1) is 36.8 Å². The molecule has 0 N–H and O–H groups in total. The average molecular weight is 372 g/mol. The zero-order chi connectivity index (χ0) is 20.0. The third kappa shape index (κ3) is 5.11. The minimum absolute atomic E-state index is 0.0780. The van der Waals surface area contributed by atoms with Crippen molar-refractivity contribution in [2.24, 2.45) is 0 Å². The van der Waals surface area contributed by atoms with Crippen LogP contribution in [-0.4, -0.2) is 25.0 Å². The van der Waals surface area contributed by atoms with Crippen LogP contribution in [0.3, 0.4) is 0 Å². The molecule has 0 unspecified atom stereocenters. The van der Waals surface area contributed by atoms with Crippen molar-refractivity contribution in [2.45, 2.75) is 20.3 Å². The van der Waals surface area contributed by atoms with Gasteiger partial charge in [0.2, 0.25) is 0 Å². The Kier molecular flexibility index (Phi) is 6.61. The van der Waals surface area contributed by atoms with Gasteiger partial charge in [-0.2, -0.15) is 5.26 Å². The van der Waals surface area contributed by atoms with Gasteiger partial charge < -0.3 is 9.64 Å². The van der Waals surface area contributed by atoms with Crippen molar-refractivity contribution in [3.05, 3.63) is 64.7 Å². The molecule has 0 saturated heterocycles. The molecule has 27 heavy (non-hydrogen) atoms. The number of carbonyl (C=O) groups is 2. The molecule has 0 aromatic heterocycles. The molecule has 1 amide bonds. The van der Waals surface area contributed by atoms with Crippen molar-refractivity contribution in [1.82, 2.24) is 0 Å². The lowest BCUT2D eigenvalue weighted by atomic mass is 10.1. The van der Waals surface area contributed by atoms with E-state index in [-0.39, 0.29) is 13.0 Å². The molecule has 0 saturated carbocycles. The minimum Gasteiger partial charge on any atom is -0.452 e. The largest absolute Gasteiger partial charge is 0.452 e. The van der Waals surface area contributed by atoms with E-state index >= 15 is 0 Å². The summed E-state index contributed by atoms with van der Waals surface area (Å²) in [4.78, 5) is 25.8. The molecule has 0 spiro atoms. The van der Waals surface area contributed by atoms with E-state index < -0.39 is 35.7 Å². The van der Waals surface area contributed by atoms with E-state index in [1.807, 2.05) is 26.0 Å². The van der Waals surface area contributed by atoms with Gasteiger partial charge >= 0.3 is 5.97 Å². The van der Waals surface area contributed by atoms with Gasteiger partial charge in [0.15, 0.2) is 6.61 Å². The second-order valence-electron chi connectivity index (χ2n) is 5.97. The molecule has 2 aromatic carbocycles. The molecule has 0 aliphatic carbocycles. The van der Waals surface area contributed by atoms with Crippen LogP contribution in [-0.2, 0) is 9.53 Å². The molecule has 0 aliphatic rings. The maximum atomic E-state index is 13.6. The third-order valence-electron chi connectivity index (χ3n) is 3.76. The Morgan fingerprint density at radius 1 is 1.11 bits per heavy atom. The quantitative estimate of drug-likeness (QED) is 0.725. The van der Waals surface area contributed by atoms with Gasteiger partial charge in [-0.05, 0) is 49.2 Å². The van der Waals surface area contributed by atoms with E-state index in [4.69, 9.17) is 10.00 Å². The van der Waals surface area contributed by atoms with Crippen molar-refractivity contribution in [3.63, 3.8) is 0 Å². The number of nitrogens with zero attached hydrogens (tertiary/aromatic N) is 2. The second-order valence-corrected chi connectivity index (χ2v) is 5.97. The lowest BCUT2D eigenvalue weighted by Gasteiger charge is -2.22. The van der Waals surface area contributed by atoms with Crippen LogP contribution in [0.4, 0.5) is 14.5 Å². The summed E-state index contributed by atoms with van der Waals surface area (Å²) in [5.41, 5.74) is 1.55. The van der Waals surface area contributed by atoms with Gasteiger partial charge in [0, 0.05) is 12.2 Å². The predicted octanol–water partition coefficient (Wildman–Crippen LogP) is 3.69. The lowest BCUT2D eigenvalue weighted by molar-refractivity contribution is -0.121. The van der Waals surface area contributed by atoms with Gasteiger partial charge in [-0.3, -0.25) is 4.79 Å². The van der Waals surface area contributed by atoms with E-state index in [2.05, 4.69) is 0 Å². The highest BCUT2D eigenvalue weighted by Gasteiger charge is 2.22. The standard InChI is InChI=1S/C20H18F2N2O3/c1-13-9-14(2)11-15(10-13)24(8-4-7-23)18(25)12-27-20(26)19-16(21)5-3-6-17(19)22/h3,5-6,9-11H,4,8,12H2,1-2H3. The Balaban J connectivity index is 2.16. The molecular formula is C20H18F2N2O3. The Morgan fingerprint density at radius 3 is 2.26 bits per heavy atom. The zero-order valence-electron chi connectivity index (χ0n) is 15.0. The van der Waals surface area contributed by atoms with Crippen LogP contribution in [0.1, 0.15) is 27.9 Å². The molecule has 5 nitrogen and oxygen atoms in total. The summed E-state index contributed by atoms with van der Waals surface area (Å²) < 4.78 is 32.1. The van der Waals surface area contributed by atoms with Crippen LogP contribution in [0.5, 0.6) is 0 Å². The fourth-order valence-electron chi connectivity index (χ4n) is 2.64. The summed E-state index contributed by atoms with van der Waals surface area (Å²) in [6.07, 6.45) is 0.0780. The van der Waals surface area contributed by atoms with Gasteiger partial charge in [-0.1, -0.05) is 12.1 Å². The molecule has 2 rings (SSSR count). The van der Waals surface area contributed by atoms with Crippen molar-refractivity contribution in [2.75, 3.05) is 18.1 Å². The van der Waals surface area contributed by atoms with Crippen LogP contribution < -0.4 is 4.90 Å². The SMILES string of the molecule is Cc1cc(C)cc(N(CCC#N)C(=O)COC(=O)c2c(F)cccc2F)c1. The van der Waals surface area contributed by atoms with Crippen LogP contribution >= 0.6 is 0 Å². The van der Waals surface area contributed by atoms with Crippen molar-refractivity contribution in [3.8, 4) is 6.07 Å². The van der Waals surface area contributed by atoms with E-state index in [1.165, 1.54) is 4.90 Å². The molecule has 0 atom stereocenters. The summed E-state index contributed by atoms with van der Waals surface area (Å²) in [6, 6.07) is 10.4. The van der Waals surface area contributed by atoms with Crippen LogP contribution in [0.2, 0.25) is 0 Å². The maximum absolute atomic E-state index is 13.6. The number of esters is 1. The number of benzene rings is 2. The molecule has 7 heteroatoms. The first-order valence-corrected chi connectivity index (χ1v) is 8.20. The minimum atomic E-state index is -1.26. The molecule has 140 valence electrons. The summed E-state index contributed by atoms with van der Waals surface area (Å²) in [5.74, 6) is -3.99. The normalized spacial score (nSPS) is 10.2. The van der Waals surface area contributed by atoms with Crippen LogP contribution in [0.15, 0.2) is 36.4 Å². The van der Waals surface area contributed by atoms with Crippen LogP contribution in [0.25, 0.3) is 0 Å². The number of ether oxygens (including phenoxy) is 1. The predicted molar refractivity (Wildman–Crippen MR) is 95.1 cm³/mol. The number of hydrogen-bond acceptors (Lipinski definition) is 4. The van der Waals surface area contributed by atoms with E-state index in [0.717, 1.165) is 29.3 Å². The van der Waals surface area contributed by atoms with Gasteiger partial charge in [0.25, 0.3) is 5.91 Å². The van der Waals surface area contributed by atoms with Crippen molar-refractivity contribution >= 4 is 17.6 Å².